The van der Waals surface area contributed by atoms with Gasteiger partial charge in [-0.05, 0) is 12.1 Å². The van der Waals surface area contributed by atoms with Gasteiger partial charge in [0.05, 0.1) is 0 Å². The van der Waals surface area contributed by atoms with E-state index in [0.29, 0.717) is 4.52 Å². The molecule has 120 valence electrons. The molecule has 0 atom stereocenters. The van der Waals surface area contributed by atoms with Gasteiger partial charge in [0.1, 0.15) is 11.5 Å². The molecule has 12 heteroatoms. The van der Waals surface area contributed by atoms with Crippen molar-refractivity contribution < 1.29 is 21.6 Å². The van der Waals surface area contributed by atoms with E-state index in [1.807, 2.05) is 0 Å². The van der Waals surface area contributed by atoms with Gasteiger partial charge in [0.2, 0.25) is 5.03 Å². The molecule has 0 fully saturated rings. The van der Waals surface area contributed by atoms with E-state index in [4.69, 9.17) is 11.6 Å². The molecule has 2 aromatic heterocycles. The van der Waals surface area contributed by atoms with Crippen LogP contribution in [0.1, 0.15) is 5.69 Å². The molecular formula is C10H9ClF3N5O2S. The molecule has 0 bridgehead atoms. The maximum atomic E-state index is 13.1. The zero-order valence-electron chi connectivity index (χ0n) is 11.2. The van der Waals surface area contributed by atoms with Crippen molar-refractivity contribution in [3.8, 4) is 0 Å². The maximum absolute atomic E-state index is 13.1. The van der Waals surface area contributed by atoms with E-state index >= 15 is 0 Å². The molecule has 0 spiro atoms. The highest BCUT2D eigenvalue weighted by Crippen LogP contribution is 2.34. The first-order valence-electron chi connectivity index (χ1n) is 5.62. The lowest BCUT2D eigenvalue weighted by Gasteiger charge is -2.06. The third-order valence-corrected chi connectivity index (χ3v) is 3.76. The van der Waals surface area contributed by atoms with Crippen molar-refractivity contribution in [1.29, 1.82) is 0 Å². The van der Waals surface area contributed by atoms with E-state index in [9.17, 15) is 21.6 Å². The Balaban J connectivity index is 2.82. The van der Waals surface area contributed by atoms with E-state index < -0.39 is 26.9 Å². The molecule has 0 radical (unpaired) electrons. The molecular weight excluding hydrogens is 347 g/mol. The van der Waals surface area contributed by atoms with Crippen molar-refractivity contribution in [2.45, 2.75) is 11.2 Å². The third kappa shape index (κ3) is 3.14. The highest BCUT2D eigenvalue weighted by atomic mass is 35.5. The Kier molecular flexibility index (Phi) is 4.04. The van der Waals surface area contributed by atoms with Crippen LogP contribution in [0, 0.1) is 0 Å². The standard InChI is InChI=1S/C10H9ClF3N5O2S/c1-18(2)5-15-22(20,21)9-8(10(12,13)14)16-7-4-3-6(11)17-19(7)9/h3-5H,1-2H3/b15-5+. The lowest BCUT2D eigenvalue weighted by atomic mass is 10.5. The van der Waals surface area contributed by atoms with Crippen LogP contribution in [0.2, 0.25) is 5.15 Å². The van der Waals surface area contributed by atoms with Crippen LogP contribution in [-0.4, -0.2) is 48.3 Å². The van der Waals surface area contributed by atoms with Crippen molar-refractivity contribution in [3.63, 3.8) is 0 Å². The van der Waals surface area contributed by atoms with E-state index in [1.54, 1.807) is 0 Å². The molecule has 7 nitrogen and oxygen atoms in total. The van der Waals surface area contributed by atoms with E-state index in [1.165, 1.54) is 25.1 Å². The van der Waals surface area contributed by atoms with Crippen LogP contribution in [0.5, 0.6) is 0 Å². The average Bonchev–Trinajstić information content (AvgIpc) is 2.75. The topological polar surface area (TPSA) is 79.9 Å². The Morgan fingerprint density at radius 1 is 1.36 bits per heavy atom. The van der Waals surface area contributed by atoms with Gasteiger partial charge in [-0.25, -0.2) is 4.98 Å². The molecule has 0 saturated carbocycles. The summed E-state index contributed by atoms with van der Waals surface area (Å²) in [5.74, 6) is 0. The van der Waals surface area contributed by atoms with Crippen molar-refractivity contribution in [2.24, 2.45) is 4.40 Å². The number of fused-ring (bicyclic) bond motifs is 1. The largest absolute Gasteiger partial charge is 0.436 e. The van der Waals surface area contributed by atoms with Crippen LogP contribution in [0.15, 0.2) is 21.6 Å². The number of hydrogen-bond acceptors (Lipinski definition) is 4. The molecule has 0 saturated heterocycles. The Morgan fingerprint density at radius 2 is 2.00 bits per heavy atom. The second-order valence-corrected chi connectivity index (χ2v) is 6.28. The first-order chi connectivity index (χ1) is 10.0. The van der Waals surface area contributed by atoms with Crippen molar-refractivity contribution in [2.75, 3.05) is 14.1 Å². The maximum Gasteiger partial charge on any atom is 0.436 e. The summed E-state index contributed by atoms with van der Waals surface area (Å²) in [6, 6.07) is 2.32. The summed E-state index contributed by atoms with van der Waals surface area (Å²) in [5, 5.41) is 2.18. The number of halogens is 4. The van der Waals surface area contributed by atoms with Crippen LogP contribution in [0.25, 0.3) is 5.65 Å². The van der Waals surface area contributed by atoms with E-state index in [-0.39, 0.29) is 10.8 Å². The van der Waals surface area contributed by atoms with Gasteiger partial charge in [0, 0.05) is 14.1 Å². The molecule has 2 rings (SSSR count). The first-order valence-corrected chi connectivity index (χ1v) is 7.43. The molecule has 0 aromatic carbocycles. The van der Waals surface area contributed by atoms with Gasteiger partial charge in [-0.2, -0.15) is 31.2 Å². The highest BCUT2D eigenvalue weighted by molar-refractivity contribution is 7.90. The molecule has 0 unspecified atom stereocenters. The molecule has 0 aliphatic rings. The van der Waals surface area contributed by atoms with Gasteiger partial charge < -0.3 is 4.90 Å². The molecule has 0 N–H and O–H groups in total. The van der Waals surface area contributed by atoms with Crippen LogP contribution in [-0.2, 0) is 16.2 Å². The smallest absolute Gasteiger partial charge is 0.368 e. The molecule has 2 aromatic rings. The first kappa shape index (κ1) is 16.5. The fourth-order valence-corrected chi connectivity index (χ4v) is 2.82. The Labute approximate surface area is 128 Å². The summed E-state index contributed by atoms with van der Waals surface area (Å²) in [5.41, 5.74) is -1.91. The van der Waals surface area contributed by atoms with Gasteiger partial charge in [-0.15, -0.1) is 4.40 Å². The number of alkyl halides is 3. The number of aromatic nitrogens is 3. The third-order valence-electron chi connectivity index (χ3n) is 2.33. The SMILES string of the molecule is CN(C)/C=N/S(=O)(=O)c1c(C(F)(F)F)nc2ccc(Cl)nn12. The molecule has 2 heterocycles. The number of hydrogen-bond donors (Lipinski definition) is 0. The molecule has 22 heavy (non-hydrogen) atoms. The van der Waals surface area contributed by atoms with Crippen LogP contribution in [0.4, 0.5) is 13.2 Å². The fourth-order valence-electron chi connectivity index (χ4n) is 1.51. The summed E-state index contributed by atoms with van der Waals surface area (Å²) in [6.07, 6.45) is -4.13. The van der Waals surface area contributed by atoms with Gasteiger partial charge in [0.25, 0.3) is 0 Å². The van der Waals surface area contributed by atoms with Crippen LogP contribution in [0.3, 0.4) is 0 Å². The lowest BCUT2D eigenvalue weighted by molar-refractivity contribution is -0.143. The number of rotatable bonds is 3. The summed E-state index contributed by atoms with van der Waals surface area (Å²) >= 11 is 5.61. The average molecular weight is 356 g/mol. The monoisotopic (exact) mass is 355 g/mol. The molecule has 0 aliphatic carbocycles. The molecule has 0 amide bonds. The quantitative estimate of drug-likeness (QED) is 0.618. The number of sulfonamides is 1. The van der Waals surface area contributed by atoms with Crippen molar-refractivity contribution in [3.05, 3.63) is 23.0 Å². The lowest BCUT2D eigenvalue weighted by Crippen LogP contribution is -2.16. The van der Waals surface area contributed by atoms with E-state index in [0.717, 1.165) is 12.4 Å². The minimum atomic E-state index is -4.99. The Hall–Kier alpha value is -1.88. The van der Waals surface area contributed by atoms with Crippen LogP contribution >= 0.6 is 11.6 Å². The van der Waals surface area contributed by atoms with Gasteiger partial charge >= 0.3 is 16.2 Å². The van der Waals surface area contributed by atoms with Gasteiger partial charge in [-0.3, -0.25) is 0 Å². The zero-order valence-corrected chi connectivity index (χ0v) is 12.8. The predicted molar refractivity (Wildman–Crippen MR) is 72.4 cm³/mol. The van der Waals surface area contributed by atoms with Crippen molar-refractivity contribution in [1.82, 2.24) is 19.5 Å². The Bertz CT molecular complexity index is 844. The van der Waals surface area contributed by atoms with Crippen LogP contribution < -0.4 is 0 Å². The second kappa shape index (κ2) is 5.39. The second-order valence-electron chi connectivity index (χ2n) is 4.35. The van der Waals surface area contributed by atoms with Crippen molar-refractivity contribution >= 4 is 33.6 Å². The van der Waals surface area contributed by atoms with E-state index in [2.05, 4.69) is 14.5 Å². The summed E-state index contributed by atoms with van der Waals surface area (Å²) in [6.45, 7) is 0. The summed E-state index contributed by atoms with van der Waals surface area (Å²) < 4.78 is 67.1. The fraction of sp³-hybridized carbons (Fsp3) is 0.300. The minimum absolute atomic E-state index is 0.188. The number of imidazole rings is 1. The predicted octanol–water partition coefficient (Wildman–Crippen LogP) is 1.68. The minimum Gasteiger partial charge on any atom is -0.368 e. The highest BCUT2D eigenvalue weighted by Gasteiger charge is 2.42. The van der Waals surface area contributed by atoms with Gasteiger partial charge in [0.15, 0.2) is 11.3 Å². The summed E-state index contributed by atoms with van der Waals surface area (Å²) in [4.78, 5) is 4.53. The van der Waals surface area contributed by atoms with Gasteiger partial charge in [-0.1, -0.05) is 11.6 Å². The normalized spacial score (nSPS) is 13.2. The number of nitrogens with zero attached hydrogens (tertiary/aromatic N) is 5. The Morgan fingerprint density at radius 3 is 2.55 bits per heavy atom. The molecule has 0 aliphatic heterocycles. The zero-order chi connectivity index (χ0) is 16.7. The summed E-state index contributed by atoms with van der Waals surface area (Å²) in [7, 11) is -1.75.